The Kier molecular flexibility index (Phi) is 4.94. The predicted molar refractivity (Wildman–Crippen MR) is 83.9 cm³/mol. The molecular formula is C17H24N2O4. The van der Waals surface area contributed by atoms with Crippen molar-refractivity contribution in [3.05, 3.63) is 29.6 Å². The van der Waals surface area contributed by atoms with Crippen molar-refractivity contribution < 1.29 is 19.0 Å². The molecule has 1 amide bonds. The number of carbonyl (C=O) groups is 1. The zero-order valence-electron chi connectivity index (χ0n) is 13.8. The molecule has 0 saturated carbocycles. The molecule has 0 aromatic carbocycles. The third kappa shape index (κ3) is 3.88. The summed E-state index contributed by atoms with van der Waals surface area (Å²) in [5.74, 6) is 0.0290. The molecule has 23 heavy (non-hydrogen) atoms. The lowest BCUT2D eigenvalue weighted by molar-refractivity contribution is -0.135. The summed E-state index contributed by atoms with van der Waals surface area (Å²) in [6.45, 7) is 4.55. The van der Waals surface area contributed by atoms with E-state index in [1.807, 2.05) is 30.0 Å². The smallest absolute Gasteiger partial charge is 0.248 e. The van der Waals surface area contributed by atoms with E-state index in [2.05, 4.69) is 4.98 Å². The monoisotopic (exact) mass is 320 g/mol. The van der Waals surface area contributed by atoms with Crippen molar-refractivity contribution in [1.82, 2.24) is 9.88 Å². The lowest BCUT2D eigenvalue weighted by atomic mass is 9.98. The largest absolute Gasteiger partial charge is 0.375 e. The van der Waals surface area contributed by atoms with E-state index in [9.17, 15) is 4.79 Å². The van der Waals surface area contributed by atoms with Crippen LogP contribution < -0.4 is 0 Å². The Balaban J connectivity index is 1.50. The van der Waals surface area contributed by atoms with Crippen LogP contribution in [0.15, 0.2) is 18.2 Å². The number of hydrogen-bond donors (Lipinski definition) is 0. The molecule has 2 aliphatic heterocycles. The Labute approximate surface area is 136 Å². The zero-order valence-corrected chi connectivity index (χ0v) is 13.8. The molecule has 3 rings (SSSR count). The number of carbonyl (C=O) groups excluding carboxylic acids is 1. The van der Waals surface area contributed by atoms with E-state index in [-0.39, 0.29) is 24.2 Å². The van der Waals surface area contributed by atoms with Gasteiger partial charge in [0.1, 0.15) is 6.61 Å². The summed E-state index contributed by atoms with van der Waals surface area (Å²) >= 11 is 0. The summed E-state index contributed by atoms with van der Waals surface area (Å²) in [7, 11) is 1.54. The molecule has 2 atom stereocenters. The SMILES string of the molecule is COCC(=O)N1CC[C@@]2(C[C@H](OCc3cccc(C)n3)CO2)C1. The minimum absolute atomic E-state index is 0.0290. The van der Waals surface area contributed by atoms with Gasteiger partial charge in [0.25, 0.3) is 0 Å². The standard InChI is InChI=1S/C17H24N2O4/c1-13-4-3-5-14(18-13)9-22-15-8-17(23-10-15)6-7-19(12-17)16(20)11-21-2/h3-5,15H,6-12H2,1-2H3/t15-,17+/m0/s1. The number of ether oxygens (including phenoxy) is 3. The van der Waals surface area contributed by atoms with E-state index in [1.54, 1.807) is 7.11 Å². The number of methoxy groups -OCH3 is 1. The minimum Gasteiger partial charge on any atom is -0.375 e. The highest BCUT2D eigenvalue weighted by molar-refractivity contribution is 5.77. The highest BCUT2D eigenvalue weighted by atomic mass is 16.6. The average Bonchev–Trinajstić information content (AvgIpc) is 3.13. The fourth-order valence-electron chi connectivity index (χ4n) is 3.35. The lowest BCUT2D eigenvalue weighted by Gasteiger charge is -2.23. The summed E-state index contributed by atoms with van der Waals surface area (Å²) in [6.07, 6.45) is 1.76. The quantitative estimate of drug-likeness (QED) is 0.819. The highest BCUT2D eigenvalue weighted by Gasteiger charge is 2.47. The third-order valence-electron chi connectivity index (χ3n) is 4.52. The number of rotatable bonds is 5. The topological polar surface area (TPSA) is 60.9 Å². The molecule has 1 aromatic heterocycles. The third-order valence-corrected chi connectivity index (χ3v) is 4.52. The van der Waals surface area contributed by atoms with Gasteiger partial charge in [-0.1, -0.05) is 6.07 Å². The zero-order chi connectivity index (χ0) is 16.3. The molecule has 2 aliphatic rings. The van der Waals surface area contributed by atoms with Gasteiger partial charge in [-0.3, -0.25) is 9.78 Å². The number of aryl methyl sites for hydroxylation is 1. The molecule has 0 N–H and O–H groups in total. The maximum absolute atomic E-state index is 11.9. The molecule has 126 valence electrons. The van der Waals surface area contributed by atoms with Crippen molar-refractivity contribution in [3.63, 3.8) is 0 Å². The molecule has 6 heteroatoms. The maximum Gasteiger partial charge on any atom is 0.248 e. The summed E-state index contributed by atoms with van der Waals surface area (Å²) < 4.78 is 16.9. The van der Waals surface area contributed by atoms with Crippen molar-refractivity contribution in [2.75, 3.05) is 33.4 Å². The molecule has 0 unspecified atom stereocenters. The number of nitrogens with zero attached hydrogens (tertiary/aromatic N) is 2. The Hall–Kier alpha value is -1.50. The van der Waals surface area contributed by atoms with Gasteiger partial charge in [0.2, 0.25) is 5.91 Å². The Bertz CT molecular complexity index is 565. The van der Waals surface area contributed by atoms with Crippen LogP contribution >= 0.6 is 0 Å². The first-order chi connectivity index (χ1) is 11.1. The number of aromatic nitrogens is 1. The summed E-state index contributed by atoms with van der Waals surface area (Å²) in [4.78, 5) is 18.2. The maximum atomic E-state index is 11.9. The van der Waals surface area contributed by atoms with Crippen LogP contribution in [0.1, 0.15) is 24.2 Å². The van der Waals surface area contributed by atoms with E-state index < -0.39 is 0 Å². The van der Waals surface area contributed by atoms with Crippen LogP contribution in [-0.2, 0) is 25.6 Å². The minimum atomic E-state index is -0.242. The Morgan fingerprint density at radius 3 is 3.17 bits per heavy atom. The highest BCUT2D eigenvalue weighted by Crippen LogP contribution is 2.36. The number of hydrogen-bond acceptors (Lipinski definition) is 5. The van der Waals surface area contributed by atoms with Crippen LogP contribution in [0, 0.1) is 6.92 Å². The van der Waals surface area contributed by atoms with E-state index >= 15 is 0 Å². The van der Waals surface area contributed by atoms with Crippen molar-refractivity contribution in [2.45, 2.75) is 38.1 Å². The molecule has 6 nitrogen and oxygen atoms in total. The van der Waals surface area contributed by atoms with Crippen molar-refractivity contribution in [3.8, 4) is 0 Å². The molecule has 2 fully saturated rings. The Morgan fingerprint density at radius 1 is 1.52 bits per heavy atom. The van der Waals surface area contributed by atoms with Gasteiger partial charge in [0.15, 0.2) is 0 Å². The molecule has 1 aromatic rings. The fraction of sp³-hybridized carbons (Fsp3) is 0.647. The van der Waals surface area contributed by atoms with Crippen LogP contribution in [0.4, 0.5) is 0 Å². The number of pyridine rings is 1. The van der Waals surface area contributed by atoms with E-state index in [1.165, 1.54) is 0 Å². The molecule has 3 heterocycles. The molecule has 0 bridgehead atoms. The predicted octanol–water partition coefficient (Wildman–Crippen LogP) is 1.31. The van der Waals surface area contributed by atoms with E-state index in [0.29, 0.717) is 19.8 Å². The second kappa shape index (κ2) is 6.95. The van der Waals surface area contributed by atoms with E-state index in [0.717, 1.165) is 30.8 Å². The number of amides is 1. The first-order valence-corrected chi connectivity index (χ1v) is 8.05. The van der Waals surface area contributed by atoms with Crippen LogP contribution in [-0.4, -0.2) is 60.9 Å². The van der Waals surface area contributed by atoms with Crippen molar-refractivity contribution >= 4 is 5.91 Å². The van der Waals surface area contributed by atoms with Crippen molar-refractivity contribution in [1.29, 1.82) is 0 Å². The van der Waals surface area contributed by atoms with Gasteiger partial charge in [0.05, 0.1) is 30.6 Å². The molecular weight excluding hydrogens is 296 g/mol. The van der Waals surface area contributed by atoms with Crippen molar-refractivity contribution in [2.24, 2.45) is 0 Å². The van der Waals surface area contributed by atoms with Gasteiger partial charge in [-0.05, 0) is 25.5 Å². The van der Waals surface area contributed by atoms with Gasteiger partial charge >= 0.3 is 0 Å². The van der Waals surface area contributed by atoms with Gasteiger partial charge in [-0.2, -0.15) is 0 Å². The molecule has 0 radical (unpaired) electrons. The average molecular weight is 320 g/mol. The van der Waals surface area contributed by atoms with E-state index in [4.69, 9.17) is 14.2 Å². The summed E-state index contributed by atoms with van der Waals surface area (Å²) in [5.41, 5.74) is 1.69. The fourth-order valence-corrected chi connectivity index (χ4v) is 3.35. The second-order valence-corrected chi connectivity index (χ2v) is 6.40. The first kappa shape index (κ1) is 16.4. The van der Waals surface area contributed by atoms with Crippen LogP contribution in [0.5, 0.6) is 0 Å². The van der Waals surface area contributed by atoms with Crippen LogP contribution in [0.2, 0.25) is 0 Å². The van der Waals surface area contributed by atoms with Gasteiger partial charge < -0.3 is 19.1 Å². The first-order valence-electron chi connectivity index (χ1n) is 8.05. The van der Waals surface area contributed by atoms with Crippen LogP contribution in [0.25, 0.3) is 0 Å². The second-order valence-electron chi connectivity index (χ2n) is 6.40. The van der Waals surface area contributed by atoms with Gasteiger partial charge in [0, 0.05) is 32.3 Å². The Morgan fingerprint density at radius 2 is 2.39 bits per heavy atom. The lowest BCUT2D eigenvalue weighted by Crippen LogP contribution is -2.37. The summed E-state index contributed by atoms with van der Waals surface area (Å²) in [6, 6.07) is 5.94. The normalized spacial score (nSPS) is 27.0. The van der Waals surface area contributed by atoms with Crippen LogP contribution in [0.3, 0.4) is 0 Å². The molecule has 0 aliphatic carbocycles. The summed E-state index contributed by atoms with van der Waals surface area (Å²) in [5, 5.41) is 0. The number of likely N-dealkylation sites (tertiary alicyclic amines) is 1. The van der Waals surface area contributed by atoms with Gasteiger partial charge in [-0.25, -0.2) is 0 Å². The van der Waals surface area contributed by atoms with Gasteiger partial charge in [-0.15, -0.1) is 0 Å². The molecule has 2 saturated heterocycles. The molecule has 1 spiro atoms.